The van der Waals surface area contributed by atoms with Crippen LogP contribution in [0, 0.1) is 5.82 Å². The number of carbonyl (C=O) groups excluding carboxylic acids is 1. The molecule has 28 heavy (non-hydrogen) atoms. The van der Waals surface area contributed by atoms with Crippen LogP contribution in [-0.2, 0) is 0 Å². The molecule has 4 rings (SSSR count). The summed E-state index contributed by atoms with van der Waals surface area (Å²) in [5.41, 5.74) is 2.76. The summed E-state index contributed by atoms with van der Waals surface area (Å²) in [7, 11) is 0. The second-order valence-electron chi connectivity index (χ2n) is 5.78. The number of hydrogen-bond donors (Lipinski definition) is 3. The smallest absolute Gasteiger partial charge is 0.321 e. The van der Waals surface area contributed by atoms with Crippen LogP contribution < -0.4 is 10.6 Å². The van der Waals surface area contributed by atoms with Gasteiger partial charge in [0.25, 0.3) is 0 Å². The number of carbonyl (C=O) groups is 1. The zero-order valence-electron chi connectivity index (χ0n) is 17.4. The van der Waals surface area contributed by atoms with Crippen molar-refractivity contribution in [3.8, 4) is 22.5 Å². The third kappa shape index (κ3) is 3.50. The summed E-state index contributed by atoms with van der Waals surface area (Å²) in [6.07, 6.45) is 5.80. The van der Waals surface area contributed by atoms with Crippen molar-refractivity contribution in [1.29, 1.82) is 0 Å². The van der Waals surface area contributed by atoms with Gasteiger partial charge in [0.05, 0.1) is 11.7 Å². The number of hydrogen-bond acceptors (Lipinski definition) is 5. The quantitative estimate of drug-likeness (QED) is 0.503. The van der Waals surface area contributed by atoms with E-state index in [0.29, 0.717) is 33.5 Å². The molecule has 0 aliphatic carbocycles. The Hall–Kier alpha value is -3.88. The fourth-order valence-corrected chi connectivity index (χ4v) is 2.75. The van der Waals surface area contributed by atoms with Gasteiger partial charge in [-0.15, -0.1) is 0 Å². The number of imidazole rings is 1. The molecule has 0 aliphatic heterocycles. The maximum atomic E-state index is 13.7. The maximum absolute atomic E-state index is 13.7. The van der Waals surface area contributed by atoms with Crippen molar-refractivity contribution in [3.63, 3.8) is 0 Å². The molecule has 140 valence electrons. The molecule has 0 fully saturated rings. The van der Waals surface area contributed by atoms with Crippen molar-refractivity contribution >= 4 is 23.0 Å². The van der Waals surface area contributed by atoms with E-state index in [1.165, 1.54) is 12.3 Å². The predicted molar refractivity (Wildman–Crippen MR) is 103 cm³/mol. The van der Waals surface area contributed by atoms with Crippen molar-refractivity contribution in [3.05, 3.63) is 54.9 Å². The molecule has 4 aromatic rings. The molecule has 0 saturated heterocycles. The highest BCUT2D eigenvalue weighted by Gasteiger charge is 2.15. The minimum absolute atomic E-state index is 0.102. The Morgan fingerprint density at radius 1 is 1.21 bits per heavy atom. The molecule has 2 amide bonds. The van der Waals surface area contributed by atoms with Crippen LogP contribution in [-0.4, -0.2) is 37.5 Å². The Balaban J connectivity index is 1.75. The third-order valence-corrected chi connectivity index (χ3v) is 3.91. The normalized spacial score (nSPS) is 12.8. The molecule has 3 heterocycles. The van der Waals surface area contributed by atoms with Gasteiger partial charge in [0.2, 0.25) is 5.95 Å². The number of nitrogens with zero attached hydrogens (tertiary/aromatic N) is 4. The molecule has 0 spiro atoms. The number of benzene rings is 1. The number of pyridine rings is 1. The van der Waals surface area contributed by atoms with E-state index in [-0.39, 0.29) is 5.95 Å². The van der Waals surface area contributed by atoms with Gasteiger partial charge < -0.3 is 10.3 Å². The van der Waals surface area contributed by atoms with Crippen LogP contribution in [0.4, 0.5) is 15.1 Å². The first kappa shape index (κ1) is 14.2. The Bertz CT molecular complexity index is 1240. The van der Waals surface area contributed by atoms with Gasteiger partial charge in [-0.3, -0.25) is 10.3 Å². The fourth-order valence-electron chi connectivity index (χ4n) is 2.75. The maximum Gasteiger partial charge on any atom is 0.321 e. The minimum atomic E-state index is -2.29. The summed E-state index contributed by atoms with van der Waals surface area (Å²) in [4.78, 5) is 31.8. The number of rotatable bonds is 4. The Morgan fingerprint density at radius 3 is 2.86 bits per heavy atom. The number of aromatic nitrogens is 5. The van der Waals surface area contributed by atoms with Crippen LogP contribution in [0.25, 0.3) is 33.5 Å². The van der Waals surface area contributed by atoms with E-state index in [4.69, 9.17) is 4.11 Å². The third-order valence-electron chi connectivity index (χ3n) is 3.91. The summed E-state index contributed by atoms with van der Waals surface area (Å²) in [5, 5.41) is 4.73. The molecule has 1 aromatic carbocycles. The highest BCUT2D eigenvalue weighted by atomic mass is 19.1. The summed E-state index contributed by atoms with van der Waals surface area (Å²) < 4.78 is 35.2. The van der Waals surface area contributed by atoms with Crippen LogP contribution in [0.3, 0.4) is 0 Å². The fraction of sp³-hybridized carbons (Fsp3) is 0.105. The lowest BCUT2D eigenvalue weighted by atomic mass is 10.0. The van der Waals surface area contributed by atoms with Gasteiger partial charge in [0, 0.05) is 40.4 Å². The lowest BCUT2D eigenvalue weighted by Crippen LogP contribution is -2.28. The van der Waals surface area contributed by atoms with E-state index in [0.717, 1.165) is 6.20 Å². The first-order valence-corrected chi connectivity index (χ1v) is 8.25. The molecule has 0 saturated carbocycles. The van der Waals surface area contributed by atoms with Gasteiger partial charge in [-0.05, 0) is 36.7 Å². The second kappa shape index (κ2) is 7.39. The van der Waals surface area contributed by atoms with E-state index < -0.39 is 25.2 Å². The van der Waals surface area contributed by atoms with E-state index >= 15 is 0 Å². The van der Waals surface area contributed by atoms with Gasteiger partial charge in [-0.2, -0.15) is 0 Å². The number of nitrogens with one attached hydrogen (secondary N) is 3. The topological polar surface area (TPSA) is 108 Å². The number of halogens is 1. The van der Waals surface area contributed by atoms with Crippen LogP contribution in [0.5, 0.6) is 0 Å². The summed E-state index contributed by atoms with van der Waals surface area (Å²) in [6, 6.07) is 5.79. The molecular formula is C19H16FN7O. The van der Waals surface area contributed by atoms with Gasteiger partial charge in [0.1, 0.15) is 11.3 Å². The lowest BCUT2D eigenvalue weighted by molar-refractivity contribution is 0.252. The molecular weight excluding hydrogens is 361 g/mol. The molecule has 3 N–H and O–H groups in total. The van der Waals surface area contributed by atoms with Crippen molar-refractivity contribution in [2.24, 2.45) is 0 Å². The SMILES string of the molecule is [2H]C([2H])([2H])CNC(=O)Nc1nc2c(-c3ncccn3)cc(-c3cncc(F)c3)cc2[nH]1. The molecule has 0 unspecified atom stereocenters. The lowest BCUT2D eigenvalue weighted by Gasteiger charge is -2.06. The number of H-pyrrole nitrogens is 1. The Labute approximate surface area is 163 Å². The van der Waals surface area contributed by atoms with Gasteiger partial charge in [-0.25, -0.2) is 24.1 Å². The first-order chi connectivity index (χ1) is 14.8. The van der Waals surface area contributed by atoms with E-state index in [2.05, 4.69) is 35.6 Å². The van der Waals surface area contributed by atoms with Gasteiger partial charge >= 0.3 is 6.03 Å². The average Bonchev–Trinajstić information content (AvgIpc) is 3.14. The predicted octanol–water partition coefficient (Wildman–Crippen LogP) is 3.36. The van der Waals surface area contributed by atoms with Crippen molar-refractivity contribution in [1.82, 2.24) is 30.2 Å². The summed E-state index contributed by atoms with van der Waals surface area (Å²) >= 11 is 0. The molecule has 0 atom stereocenters. The van der Waals surface area contributed by atoms with E-state index in [9.17, 15) is 9.18 Å². The zero-order chi connectivity index (χ0) is 22.0. The number of amides is 2. The number of fused-ring (bicyclic) bond motifs is 1. The molecule has 0 aliphatic rings. The van der Waals surface area contributed by atoms with E-state index in [1.807, 2.05) is 0 Å². The van der Waals surface area contributed by atoms with Crippen molar-refractivity contribution < 1.29 is 13.3 Å². The van der Waals surface area contributed by atoms with Crippen molar-refractivity contribution in [2.45, 2.75) is 6.85 Å². The standard InChI is InChI=1S/C19H16FN7O/c1-2-22-19(28)27-18-25-15-8-11(12-6-13(20)10-21-9-12)7-14(16(15)26-18)17-23-4-3-5-24-17/h3-10H,2H2,1H3,(H3,22,25,26,27,28)/i1D3. The van der Waals surface area contributed by atoms with Crippen LogP contribution in [0.1, 0.15) is 11.0 Å². The first-order valence-electron chi connectivity index (χ1n) is 9.75. The van der Waals surface area contributed by atoms with Gasteiger partial charge in [0.15, 0.2) is 5.82 Å². The highest BCUT2D eigenvalue weighted by molar-refractivity contribution is 5.97. The molecule has 3 aromatic heterocycles. The number of aromatic amines is 1. The average molecular weight is 380 g/mol. The molecule has 9 heteroatoms. The summed E-state index contributed by atoms with van der Waals surface area (Å²) in [5.74, 6) is 0.0151. The zero-order valence-corrected chi connectivity index (χ0v) is 14.4. The Morgan fingerprint density at radius 2 is 2.07 bits per heavy atom. The van der Waals surface area contributed by atoms with Crippen molar-refractivity contribution in [2.75, 3.05) is 11.9 Å². The van der Waals surface area contributed by atoms with Gasteiger partial charge in [-0.1, -0.05) is 0 Å². The number of anilines is 1. The Kier molecular flexibility index (Phi) is 3.75. The van der Waals surface area contributed by atoms with E-state index in [1.54, 1.807) is 30.6 Å². The molecule has 0 bridgehead atoms. The summed E-state index contributed by atoms with van der Waals surface area (Å²) in [6.45, 7) is -2.78. The van der Waals surface area contributed by atoms with Crippen LogP contribution >= 0.6 is 0 Å². The van der Waals surface area contributed by atoms with Crippen LogP contribution in [0.2, 0.25) is 0 Å². The number of urea groups is 1. The largest absolute Gasteiger partial charge is 0.338 e. The molecule has 8 nitrogen and oxygen atoms in total. The second-order valence-corrected chi connectivity index (χ2v) is 5.78. The minimum Gasteiger partial charge on any atom is -0.338 e. The monoisotopic (exact) mass is 380 g/mol. The van der Waals surface area contributed by atoms with Crippen LogP contribution in [0.15, 0.2) is 49.1 Å². The highest BCUT2D eigenvalue weighted by Crippen LogP contribution is 2.32. The molecule has 0 radical (unpaired) electrons.